The molecular weight excluding hydrogens is 214 g/mol. The minimum absolute atomic E-state index is 0.759. The summed E-state index contributed by atoms with van der Waals surface area (Å²) < 4.78 is 0. The maximum Gasteiger partial charge on any atom is 0.0187 e. The first-order valence-electron chi connectivity index (χ1n) is 6.12. The van der Waals surface area contributed by atoms with Crippen LogP contribution in [0.15, 0.2) is 24.3 Å². The molecule has 2 unspecified atom stereocenters. The van der Waals surface area contributed by atoms with Crippen molar-refractivity contribution in [1.29, 1.82) is 0 Å². The van der Waals surface area contributed by atoms with E-state index >= 15 is 0 Å². The first-order valence-corrected chi connectivity index (χ1v) is 7.17. The van der Waals surface area contributed by atoms with Gasteiger partial charge in [-0.25, -0.2) is 0 Å². The van der Waals surface area contributed by atoms with E-state index in [0.717, 1.165) is 11.3 Å². The number of rotatable bonds is 4. The molecule has 1 N–H and O–H groups in total. The molecule has 0 bridgehead atoms. The molecule has 16 heavy (non-hydrogen) atoms. The van der Waals surface area contributed by atoms with Gasteiger partial charge in [0, 0.05) is 17.0 Å². The van der Waals surface area contributed by atoms with Gasteiger partial charge in [0.15, 0.2) is 0 Å². The molecule has 1 nitrogen and oxygen atoms in total. The molecule has 0 saturated heterocycles. The van der Waals surface area contributed by atoms with Crippen molar-refractivity contribution in [1.82, 2.24) is 5.32 Å². The second kappa shape index (κ2) is 5.74. The largest absolute Gasteiger partial charge is 0.317 e. The van der Waals surface area contributed by atoms with Crippen molar-refractivity contribution in [3.63, 3.8) is 0 Å². The molecule has 1 aromatic carbocycles. The van der Waals surface area contributed by atoms with E-state index in [1.54, 1.807) is 0 Å². The lowest BCUT2D eigenvalue weighted by molar-refractivity contribution is 0.583. The van der Waals surface area contributed by atoms with Crippen molar-refractivity contribution in [3.8, 4) is 0 Å². The Morgan fingerprint density at radius 2 is 2.25 bits per heavy atom. The first kappa shape index (κ1) is 12.0. The van der Waals surface area contributed by atoms with Crippen molar-refractivity contribution in [2.45, 2.75) is 43.2 Å². The molecule has 0 aliphatic heterocycles. The fourth-order valence-electron chi connectivity index (χ4n) is 2.37. The summed E-state index contributed by atoms with van der Waals surface area (Å²) in [5.74, 6) is 1.17. The van der Waals surface area contributed by atoms with Gasteiger partial charge in [-0.3, -0.25) is 0 Å². The van der Waals surface area contributed by atoms with Gasteiger partial charge in [0.05, 0.1) is 0 Å². The lowest BCUT2D eigenvalue weighted by atomic mass is 10.2. The minimum Gasteiger partial charge on any atom is -0.317 e. The molecule has 0 spiro atoms. The number of benzene rings is 1. The maximum atomic E-state index is 3.39. The quantitative estimate of drug-likeness (QED) is 0.859. The van der Waals surface area contributed by atoms with Crippen molar-refractivity contribution in [2.75, 3.05) is 7.05 Å². The molecule has 2 rings (SSSR count). The zero-order valence-electron chi connectivity index (χ0n) is 10.2. The van der Waals surface area contributed by atoms with E-state index in [4.69, 9.17) is 0 Å². The predicted octanol–water partition coefficient (Wildman–Crippen LogP) is 3.37. The highest BCUT2D eigenvalue weighted by Crippen LogP contribution is 2.31. The van der Waals surface area contributed by atoms with Gasteiger partial charge in [0.25, 0.3) is 0 Å². The van der Waals surface area contributed by atoms with Crippen LogP contribution in [0.25, 0.3) is 0 Å². The second-order valence-electron chi connectivity index (χ2n) is 4.72. The Kier molecular flexibility index (Phi) is 4.30. The molecule has 0 radical (unpaired) electrons. The Labute approximate surface area is 103 Å². The topological polar surface area (TPSA) is 12.0 Å². The first-order chi connectivity index (χ1) is 7.78. The van der Waals surface area contributed by atoms with Gasteiger partial charge >= 0.3 is 0 Å². The maximum absolute atomic E-state index is 3.39. The monoisotopic (exact) mass is 235 g/mol. The zero-order chi connectivity index (χ0) is 11.4. The highest BCUT2D eigenvalue weighted by atomic mass is 32.2. The summed E-state index contributed by atoms with van der Waals surface area (Å²) in [6.07, 6.45) is 4.07. The molecule has 1 aliphatic carbocycles. The van der Waals surface area contributed by atoms with Crippen LogP contribution >= 0.6 is 11.8 Å². The lowest BCUT2D eigenvalue weighted by Gasteiger charge is -2.10. The van der Waals surface area contributed by atoms with Crippen LogP contribution in [0.2, 0.25) is 0 Å². The van der Waals surface area contributed by atoms with E-state index < -0.39 is 0 Å². The lowest BCUT2D eigenvalue weighted by Crippen LogP contribution is -2.21. The molecular formula is C14H21NS. The van der Waals surface area contributed by atoms with Gasteiger partial charge in [0.1, 0.15) is 0 Å². The van der Waals surface area contributed by atoms with Gasteiger partial charge < -0.3 is 5.32 Å². The van der Waals surface area contributed by atoms with Gasteiger partial charge in [-0.05, 0) is 38.8 Å². The van der Waals surface area contributed by atoms with Gasteiger partial charge in [0.2, 0.25) is 0 Å². The molecule has 0 heterocycles. The van der Waals surface area contributed by atoms with Crippen LogP contribution in [0.3, 0.4) is 0 Å². The van der Waals surface area contributed by atoms with Gasteiger partial charge in [-0.15, -0.1) is 0 Å². The third-order valence-electron chi connectivity index (χ3n) is 3.36. The van der Waals surface area contributed by atoms with E-state index in [1.807, 2.05) is 0 Å². The van der Waals surface area contributed by atoms with Crippen molar-refractivity contribution < 1.29 is 0 Å². The van der Waals surface area contributed by atoms with E-state index in [9.17, 15) is 0 Å². The van der Waals surface area contributed by atoms with Gasteiger partial charge in [-0.1, -0.05) is 29.8 Å². The normalized spacial score (nSPS) is 24.9. The van der Waals surface area contributed by atoms with E-state index in [2.05, 4.69) is 55.3 Å². The molecule has 0 amide bonds. The Bertz CT molecular complexity index is 337. The summed E-state index contributed by atoms with van der Waals surface area (Å²) in [4.78, 5) is 0. The predicted molar refractivity (Wildman–Crippen MR) is 73.0 cm³/mol. The van der Waals surface area contributed by atoms with Crippen LogP contribution in [-0.2, 0) is 5.75 Å². The fourth-order valence-corrected chi connectivity index (χ4v) is 3.65. The molecule has 1 fully saturated rings. The summed E-state index contributed by atoms with van der Waals surface area (Å²) in [5.41, 5.74) is 2.84. The molecule has 1 aliphatic rings. The second-order valence-corrected chi connectivity index (χ2v) is 6.01. The van der Waals surface area contributed by atoms with Crippen LogP contribution < -0.4 is 5.32 Å². The summed E-state index contributed by atoms with van der Waals surface area (Å²) in [5, 5.41) is 4.25. The van der Waals surface area contributed by atoms with Crippen LogP contribution in [0.4, 0.5) is 0 Å². The number of nitrogens with one attached hydrogen (secondary N) is 1. The third kappa shape index (κ3) is 3.26. The van der Waals surface area contributed by atoms with Gasteiger partial charge in [-0.2, -0.15) is 11.8 Å². The van der Waals surface area contributed by atoms with Crippen LogP contribution in [0.5, 0.6) is 0 Å². The SMILES string of the molecule is CNC1CCC(SCc2cccc(C)c2)C1. The summed E-state index contributed by atoms with van der Waals surface area (Å²) in [6, 6.07) is 9.63. The van der Waals surface area contributed by atoms with E-state index in [-0.39, 0.29) is 0 Å². The Balaban J connectivity index is 1.80. The number of hydrogen-bond donors (Lipinski definition) is 1. The highest BCUT2D eigenvalue weighted by molar-refractivity contribution is 7.99. The average molecular weight is 235 g/mol. The van der Waals surface area contributed by atoms with Crippen LogP contribution in [0, 0.1) is 6.92 Å². The number of thioether (sulfide) groups is 1. The zero-order valence-corrected chi connectivity index (χ0v) is 11.0. The molecule has 2 heteroatoms. The summed E-state index contributed by atoms with van der Waals surface area (Å²) >= 11 is 2.12. The number of hydrogen-bond acceptors (Lipinski definition) is 2. The Hall–Kier alpha value is -0.470. The summed E-state index contributed by atoms with van der Waals surface area (Å²) in [7, 11) is 2.08. The molecule has 2 atom stereocenters. The highest BCUT2D eigenvalue weighted by Gasteiger charge is 2.23. The third-order valence-corrected chi connectivity index (χ3v) is 4.76. The Morgan fingerprint density at radius 1 is 1.38 bits per heavy atom. The molecule has 88 valence electrons. The van der Waals surface area contributed by atoms with Crippen LogP contribution in [0.1, 0.15) is 30.4 Å². The average Bonchev–Trinajstić information content (AvgIpc) is 2.74. The molecule has 1 saturated carbocycles. The Morgan fingerprint density at radius 3 is 2.94 bits per heavy atom. The molecule has 1 aromatic rings. The molecule has 0 aromatic heterocycles. The fraction of sp³-hybridized carbons (Fsp3) is 0.571. The number of aryl methyl sites for hydroxylation is 1. The van der Waals surface area contributed by atoms with Crippen molar-refractivity contribution in [3.05, 3.63) is 35.4 Å². The van der Waals surface area contributed by atoms with E-state index in [0.29, 0.717) is 0 Å². The van der Waals surface area contributed by atoms with Crippen molar-refractivity contribution in [2.24, 2.45) is 0 Å². The van der Waals surface area contributed by atoms with Crippen molar-refractivity contribution >= 4 is 11.8 Å². The standard InChI is InChI=1S/C14H21NS/c1-11-4-3-5-12(8-11)10-16-14-7-6-13(9-14)15-2/h3-5,8,13-15H,6-7,9-10H2,1-2H3. The minimum atomic E-state index is 0.759. The van der Waals surface area contributed by atoms with E-state index in [1.165, 1.54) is 36.1 Å². The summed E-state index contributed by atoms with van der Waals surface area (Å²) in [6.45, 7) is 2.17. The smallest absolute Gasteiger partial charge is 0.0187 e. The van der Waals surface area contributed by atoms with Crippen LogP contribution in [-0.4, -0.2) is 18.3 Å².